The van der Waals surface area contributed by atoms with Crippen LogP contribution in [0.2, 0.25) is 0 Å². The fourth-order valence-corrected chi connectivity index (χ4v) is 3.47. The summed E-state index contributed by atoms with van der Waals surface area (Å²) in [5.74, 6) is -0.463. The number of phenols is 1. The van der Waals surface area contributed by atoms with E-state index in [-0.39, 0.29) is 18.1 Å². The summed E-state index contributed by atoms with van der Waals surface area (Å²) in [6, 6.07) is 13.4. The van der Waals surface area contributed by atoms with E-state index in [1.807, 2.05) is 19.9 Å². The molecule has 2 aromatic rings. The molecule has 0 fully saturated rings. The number of phenolic OH excluding ortho intramolecular Hbond substituents is 1. The Morgan fingerprint density at radius 2 is 1.94 bits per heavy atom. The number of carbonyl (C=O) groups excluding carboxylic acids is 2. The molecule has 0 saturated heterocycles. The van der Waals surface area contributed by atoms with Crippen molar-refractivity contribution in [2.75, 3.05) is 17.7 Å². The molecular formula is C22H23IN2O5S. The lowest BCUT2D eigenvalue weighted by molar-refractivity contribution is -0.141. The third-order valence-electron chi connectivity index (χ3n) is 4.61. The molecule has 0 aliphatic carbocycles. The summed E-state index contributed by atoms with van der Waals surface area (Å²) in [6.07, 6.45) is -1.16. The normalized spacial score (nSPS) is 11.8. The standard InChI is InChI=1S/C22H23IN2O5S/c1-22(2,9-10-29-19(27)13-31)20(17-11-15(23)5-8-18(17)26)30-21(28)25-16-6-3-14(12-24)4-7-16/h3-8,11,20,26,31H,9-10,13H2,1-2H3,(H,25,28)/t20-/m1/s1. The molecule has 0 bridgehead atoms. The first kappa shape index (κ1) is 24.8. The smallest absolute Gasteiger partial charge is 0.412 e. The summed E-state index contributed by atoms with van der Waals surface area (Å²) in [7, 11) is 0. The van der Waals surface area contributed by atoms with Gasteiger partial charge >= 0.3 is 12.1 Å². The molecule has 2 N–H and O–H groups in total. The molecule has 7 nitrogen and oxygen atoms in total. The van der Waals surface area contributed by atoms with Gasteiger partial charge in [-0.2, -0.15) is 17.9 Å². The Balaban J connectivity index is 2.24. The van der Waals surface area contributed by atoms with E-state index in [9.17, 15) is 14.7 Å². The highest BCUT2D eigenvalue weighted by Gasteiger charge is 2.36. The van der Waals surface area contributed by atoms with Crippen molar-refractivity contribution in [1.29, 1.82) is 5.26 Å². The van der Waals surface area contributed by atoms with Gasteiger partial charge in [0.2, 0.25) is 0 Å². The van der Waals surface area contributed by atoms with E-state index >= 15 is 0 Å². The molecule has 0 aromatic heterocycles. The maximum atomic E-state index is 12.6. The third-order valence-corrected chi connectivity index (χ3v) is 5.53. The number of benzene rings is 2. The molecule has 0 radical (unpaired) electrons. The van der Waals surface area contributed by atoms with Gasteiger partial charge in [0.05, 0.1) is 24.0 Å². The van der Waals surface area contributed by atoms with Crippen molar-refractivity contribution in [3.8, 4) is 11.8 Å². The maximum absolute atomic E-state index is 12.6. The van der Waals surface area contributed by atoms with Gasteiger partial charge in [0.15, 0.2) is 0 Å². The summed E-state index contributed by atoms with van der Waals surface area (Å²) < 4.78 is 11.7. The number of thiol groups is 1. The monoisotopic (exact) mass is 554 g/mol. The zero-order valence-electron chi connectivity index (χ0n) is 17.1. The Morgan fingerprint density at radius 3 is 2.55 bits per heavy atom. The first-order chi connectivity index (χ1) is 14.7. The topological polar surface area (TPSA) is 109 Å². The second kappa shape index (κ2) is 11.2. The fourth-order valence-electron chi connectivity index (χ4n) is 2.87. The number of hydrogen-bond acceptors (Lipinski definition) is 7. The minimum atomic E-state index is -0.824. The van der Waals surface area contributed by atoms with E-state index < -0.39 is 23.6 Å². The number of nitrogens with zero attached hydrogens (tertiary/aromatic N) is 1. The second-order valence-corrected chi connectivity index (χ2v) is 8.98. The predicted molar refractivity (Wildman–Crippen MR) is 128 cm³/mol. The van der Waals surface area contributed by atoms with Crippen molar-refractivity contribution in [3.63, 3.8) is 0 Å². The number of nitrogens with one attached hydrogen (secondary N) is 1. The summed E-state index contributed by atoms with van der Waals surface area (Å²) in [4.78, 5) is 24.1. The van der Waals surface area contributed by atoms with E-state index in [1.165, 1.54) is 0 Å². The molecule has 1 atom stereocenters. The van der Waals surface area contributed by atoms with Crippen LogP contribution in [0.3, 0.4) is 0 Å². The highest BCUT2D eigenvalue weighted by molar-refractivity contribution is 14.1. The lowest BCUT2D eigenvalue weighted by atomic mass is 9.79. The molecule has 0 aliphatic rings. The number of rotatable bonds is 8. The molecule has 2 rings (SSSR count). The Labute approximate surface area is 200 Å². The van der Waals surface area contributed by atoms with Crippen molar-refractivity contribution in [2.24, 2.45) is 5.41 Å². The number of nitriles is 1. The quantitative estimate of drug-likeness (QED) is 0.240. The predicted octanol–water partition coefficient (Wildman–Crippen LogP) is 5.05. The van der Waals surface area contributed by atoms with Crippen LogP contribution in [0, 0.1) is 20.3 Å². The Kier molecular flexibility index (Phi) is 9.00. The van der Waals surface area contributed by atoms with Gasteiger partial charge in [-0.15, -0.1) is 0 Å². The summed E-state index contributed by atoms with van der Waals surface area (Å²) in [5, 5.41) is 22.0. The second-order valence-electron chi connectivity index (χ2n) is 7.42. The average molecular weight is 554 g/mol. The van der Waals surface area contributed by atoms with Crippen LogP contribution in [0.4, 0.5) is 10.5 Å². The highest BCUT2D eigenvalue weighted by Crippen LogP contribution is 2.43. The molecule has 2 aromatic carbocycles. The van der Waals surface area contributed by atoms with E-state index in [0.717, 1.165) is 3.57 Å². The number of aromatic hydroxyl groups is 1. The van der Waals surface area contributed by atoms with Gasteiger partial charge in [-0.05, 0) is 71.5 Å². The minimum Gasteiger partial charge on any atom is -0.508 e. The molecule has 1 amide bonds. The summed E-state index contributed by atoms with van der Waals surface area (Å²) >= 11 is 6.00. The van der Waals surface area contributed by atoms with Gasteiger partial charge in [-0.1, -0.05) is 13.8 Å². The minimum absolute atomic E-state index is 0.00276. The number of anilines is 1. The molecule has 0 aliphatic heterocycles. The van der Waals surface area contributed by atoms with Crippen LogP contribution in [-0.4, -0.2) is 29.5 Å². The van der Waals surface area contributed by atoms with E-state index in [4.69, 9.17) is 14.7 Å². The molecule has 0 saturated carbocycles. The van der Waals surface area contributed by atoms with Crippen LogP contribution < -0.4 is 5.32 Å². The zero-order chi connectivity index (χ0) is 23.0. The number of amides is 1. The van der Waals surface area contributed by atoms with Crippen LogP contribution in [0.15, 0.2) is 42.5 Å². The first-order valence-electron chi connectivity index (χ1n) is 9.39. The molecule has 0 heterocycles. The van der Waals surface area contributed by atoms with Crippen molar-refractivity contribution in [1.82, 2.24) is 0 Å². The van der Waals surface area contributed by atoms with Crippen LogP contribution in [0.1, 0.15) is 37.5 Å². The van der Waals surface area contributed by atoms with E-state index in [1.54, 1.807) is 42.5 Å². The number of halogens is 1. The van der Waals surface area contributed by atoms with Gasteiger partial charge < -0.3 is 14.6 Å². The lowest BCUT2D eigenvalue weighted by Gasteiger charge is -2.34. The van der Waals surface area contributed by atoms with Crippen molar-refractivity contribution in [2.45, 2.75) is 26.4 Å². The number of ether oxygens (including phenoxy) is 2. The Hall–Kier alpha value is -2.45. The molecule has 164 valence electrons. The third kappa shape index (κ3) is 7.33. The van der Waals surface area contributed by atoms with Crippen LogP contribution in [0.5, 0.6) is 5.75 Å². The fraction of sp³-hybridized carbons (Fsp3) is 0.318. The zero-order valence-corrected chi connectivity index (χ0v) is 20.1. The van der Waals surface area contributed by atoms with Crippen molar-refractivity contribution < 1.29 is 24.2 Å². The molecule has 31 heavy (non-hydrogen) atoms. The van der Waals surface area contributed by atoms with E-state index in [0.29, 0.717) is 23.2 Å². The van der Waals surface area contributed by atoms with Crippen LogP contribution in [-0.2, 0) is 14.3 Å². The lowest BCUT2D eigenvalue weighted by Crippen LogP contribution is -2.30. The molecule has 0 spiro atoms. The maximum Gasteiger partial charge on any atom is 0.412 e. The molecule has 0 unspecified atom stereocenters. The first-order valence-corrected chi connectivity index (χ1v) is 11.1. The average Bonchev–Trinajstić information content (AvgIpc) is 2.74. The van der Waals surface area contributed by atoms with Gasteiger partial charge in [0.1, 0.15) is 11.9 Å². The summed E-state index contributed by atoms with van der Waals surface area (Å²) in [6.45, 7) is 3.84. The SMILES string of the molecule is CC(C)(CCOC(=O)CS)[C@H](OC(=O)Nc1ccc(C#N)cc1)c1cc(I)ccc1O. The highest BCUT2D eigenvalue weighted by atomic mass is 127. The van der Waals surface area contributed by atoms with Gasteiger partial charge in [0, 0.05) is 20.2 Å². The van der Waals surface area contributed by atoms with Gasteiger partial charge in [0.25, 0.3) is 0 Å². The van der Waals surface area contributed by atoms with E-state index in [2.05, 4.69) is 40.5 Å². The number of hydrogen-bond donors (Lipinski definition) is 3. The Morgan fingerprint density at radius 1 is 1.26 bits per heavy atom. The number of esters is 1. The Bertz CT molecular complexity index is 973. The summed E-state index contributed by atoms with van der Waals surface area (Å²) in [5.41, 5.74) is 0.709. The largest absolute Gasteiger partial charge is 0.508 e. The number of carbonyl (C=O) groups is 2. The van der Waals surface area contributed by atoms with Crippen molar-refractivity contribution >= 4 is 53.0 Å². The molecular weight excluding hydrogens is 531 g/mol. The van der Waals surface area contributed by atoms with Gasteiger partial charge in [-0.3, -0.25) is 10.1 Å². The van der Waals surface area contributed by atoms with Crippen LogP contribution >= 0.6 is 35.2 Å². The molecule has 9 heteroatoms. The van der Waals surface area contributed by atoms with Gasteiger partial charge in [-0.25, -0.2) is 4.79 Å². The van der Waals surface area contributed by atoms with Crippen LogP contribution in [0.25, 0.3) is 0 Å². The van der Waals surface area contributed by atoms with Crippen molar-refractivity contribution in [3.05, 3.63) is 57.2 Å².